The smallest absolute Gasteiger partial charge is 0.293 e. The third-order valence-electron chi connectivity index (χ3n) is 4.61. The van der Waals surface area contributed by atoms with Crippen LogP contribution in [0.4, 0.5) is 9.18 Å². The number of benzene rings is 2. The van der Waals surface area contributed by atoms with Gasteiger partial charge in [0, 0.05) is 24.3 Å². The molecule has 0 bridgehead atoms. The van der Waals surface area contributed by atoms with E-state index in [1.165, 1.54) is 30.0 Å². The van der Waals surface area contributed by atoms with Crippen molar-refractivity contribution < 1.29 is 18.8 Å². The normalized spacial score (nSPS) is 14.8. The first-order valence-electron chi connectivity index (χ1n) is 9.88. The lowest BCUT2D eigenvalue weighted by Gasteiger charge is -2.13. The zero-order valence-corrected chi connectivity index (χ0v) is 18.8. The van der Waals surface area contributed by atoms with Crippen molar-refractivity contribution in [3.05, 3.63) is 77.2 Å². The lowest BCUT2D eigenvalue weighted by Crippen LogP contribution is -2.37. The van der Waals surface area contributed by atoms with Gasteiger partial charge in [-0.25, -0.2) is 4.39 Å². The van der Waals surface area contributed by atoms with Gasteiger partial charge >= 0.3 is 0 Å². The van der Waals surface area contributed by atoms with Crippen LogP contribution in [0.25, 0.3) is 11.8 Å². The van der Waals surface area contributed by atoms with Crippen LogP contribution in [-0.4, -0.2) is 55.6 Å². The second kappa shape index (κ2) is 10.5. The number of halogens is 1. The summed E-state index contributed by atoms with van der Waals surface area (Å²) in [5.41, 5.74) is 1.12. The molecule has 1 aromatic heterocycles. The summed E-state index contributed by atoms with van der Waals surface area (Å²) in [4.78, 5) is 38.1. The minimum absolute atomic E-state index is 0.0237. The number of hydrogen-bond acceptors (Lipinski definition) is 7. The van der Waals surface area contributed by atoms with Crippen LogP contribution in [0.2, 0.25) is 0 Å². The number of nitrogens with zero attached hydrogens (tertiary/aromatic N) is 4. The molecule has 2 aromatic carbocycles. The Bertz CT molecular complexity index is 1220. The van der Waals surface area contributed by atoms with Crippen molar-refractivity contribution in [3.63, 3.8) is 0 Å². The molecule has 2 heterocycles. The Morgan fingerprint density at radius 3 is 2.67 bits per heavy atom. The first-order chi connectivity index (χ1) is 16.0. The highest BCUT2D eigenvalue weighted by molar-refractivity contribution is 8.18. The van der Waals surface area contributed by atoms with E-state index in [9.17, 15) is 18.8 Å². The van der Waals surface area contributed by atoms with Gasteiger partial charge in [0.1, 0.15) is 12.1 Å². The number of nitrogens with one attached hydrogen (secondary N) is 1. The van der Waals surface area contributed by atoms with Crippen molar-refractivity contribution in [2.45, 2.75) is 5.16 Å². The van der Waals surface area contributed by atoms with E-state index in [0.717, 1.165) is 22.3 Å². The third-order valence-corrected chi connectivity index (χ3v) is 6.46. The Hall–Kier alpha value is -3.44. The highest BCUT2D eigenvalue weighted by atomic mass is 32.2. The predicted molar refractivity (Wildman–Crippen MR) is 124 cm³/mol. The summed E-state index contributed by atoms with van der Waals surface area (Å²) in [6, 6.07) is 15.5. The van der Waals surface area contributed by atoms with E-state index >= 15 is 0 Å². The van der Waals surface area contributed by atoms with E-state index < -0.39 is 17.0 Å². The van der Waals surface area contributed by atoms with Crippen molar-refractivity contribution >= 4 is 46.7 Å². The number of rotatable bonds is 8. The van der Waals surface area contributed by atoms with E-state index in [2.05, 4.69) is 15.5 Å². The molecule has 168 valence electrons. The van der Waals surface area contributed by atoms with Crippen LogP contribution in [0, 0.1) is 5.82 Å². The van der Waals surface area contributed by atoms with Crippen LogP contribution < -0.4 is 5.32 Å². The van der Waals surface area contributed by atoms with Crippen molar-refractivity contribution in [1.82, 2.24) is 25.0 Å². The fraction of sp³-hybridized carbons (Fsp3) is 0.136. The third kappa shape index (κ3) is 5.49. The average molecular weight is 484 g/mol. The van der Waals surface area contributed by atoms with Gasteiger partial charge in [0.15, 0.2) is 5.16 Å². The summed E-state index contributed by atoms with van der Waals surface area (Å²) in [6.45, 7) is 0.131. The zero-order valence-electron chi connectivity index (χ0n) is 17.2. The van der Waals surface area contributed by atoms with Gasteiger partial charge in [0.2, 0.25) is 5.91 Å². The van der Waals surface area contributed by atoms with E-state index in [1.54, 1.807) is 23.0 Å². The van der Waals surface area contributed by atoms with Gasteiger partial charge in [-0.05, 0) is 36.0 Å². The number of imide groups is 1. The maximum atomic E-state index is 13.8. The molecule has 0 radical (unpaired) electrons. The standard InChI is InChI=1S/C22H18FN5O3S2/c23-17-9-5-4-6-15(17)12-18-20(30)27(22(31)33-18)11-10-24-19(29)13-32-21-26-25-14-28(21)16-7-2-1-3-8-16/h1-9,12,14H,10-11,13H2,(H,24,29). The fourth-order valence-electron chi connectivity index (χ4n) is 3.00. The maximum absolute atomic E-state index is 13.8. The monoisotopic (exact) mass is 483 g/mol. The Morgan fingerprint density at radius 1 is 1.12 bits per heavy atom. The maximum Gasteiger partial charge on any atom is 0.293 e. The molecule has 3 aromatic rings. The number of thioether (sulfide) groups is 2. The van der Waals surface area contributed by atoms with Gasteiger partial charge in [0.05, 0.1) is 10.7 Å². The number of amides is 3. The molecule has 3 amide bonds. The van der Waals surface area contributed by atoms with Crippen LogP contribution in [0.5, 0.6) is 0 Å². The Morgan fingerprint density at radius 2 is 1.88 bits per heavy atom. The fourth-order valence-corrected chi connectivity index (χ4v) is 4.62. The van der Waals surface area contributed by atoms with Crippen molar-refractivity contribution in [2.24, 2.45) is 0 Å². The van der Waals surface area contributed by atoms with Crippen LogP contribution in [0.3, 0.4) is 0 Å². The Labute approximate surface area is 197 Å². The Balaban J connectivity index is 1.27. The average Bonchev–Trinajstić information content (AvgIpc) is 3.39. The minimum atomic E-state index is -0.507. The van der Waals surface area contributed by atoms with E-state index in [0.29, 0.717) is 5.16 Å². The number of hydrogen-bond donors (Lipinski definition) is 1. The largest absolute Gasteiger partial charge is 0.354 e. The molecule has 1 aliphatic heterocycles. The molecule has 1 saturated heterocycles. The number of carbonyl (C=O) groups is 3. The molecule has 4 rings (SSSR count). The van der Waals surface area contributed by atoms with E-state index in [1.807, 2.05) is 30.3 Å². The summed E-state index contributed by atoms with van der Waals surface area (Å²) in [7, 11) is 0. The van der Waals surface area contributed by atoms with Gasteiger partial charge in [-0.2, -0.15) is 0 Å². The lowest BCUT2D eigenvalue weighted by atomic mass is 10.2. The highest BCUT2D eigenvalue weighted by Crippen LogP contribution is 2.32. The van der Waals surface area contributed by atoms with Crippen LogP contribution >= 0.6 is 23.5 Å². The highest BCUT2D eigenvalue weighted by Gasteiger charge is 2.34. The lowest BCUT2D eigenvalue weighted by molar-refractivity contribution is -0.123. The summed E-state index contributed by atoms with van der Waals surface area (Å²) in [5, 5.41) is 10.7. The first-order valence-corrected chi connectivity index (χ1v) is 11.7. The molecular weight excluding hydrogens is 465 g/mol. The molecule has 0 aliphatic carbocycles. The summed E-state index contributed by atoms with van der Waals surface area (Å²) < 4.78 is 15.6. The van der Waals surface area contributed by atoms with Gasteiger partial charge < -0.3 is 5.32 Å². The molecule has 0 unspecified atom stereocenters. The van der Waals surface area contributed by atoms with Crippen molar-refractivity contribution in [1.29, 1.82) is 0 Å². The topological polar surface area (TPSA) is 97.2 Å². The summed E-state index contributed by atoms with van der Waals surface area (Å²) in [6.07, 6.45) is 2.93. The number of para-hydroxylation sites is 1. The molecular formula is C22H18FN5O3S2. The second-order valence-corrected chi connectivity index (χ2v) is 8.75. The van der Waals surface area contributed by atoms with Gasteiger partial charge in [-0.3, -0.25) is 23.9 Å². The Kier molecular flexibility index (Phi) is 7.20. The molecule has 0 spiro atoms. The molecule has 33 heavy (non-hydrogen) atoms. The second-order valence-electron chi connectivity index (χ2n) is 6.81. The number of carbonyl (C=O) groups excluding carboxylic acids is 3. The van der Waals surface area contributed by atoms with Crippen LogP contribution in [0.15, 0.2) is 71.0 Å². The van der Waals surface area contributed by atoms with E-state index in [-0.39, 0.29) is 35.2 Å². The molecule has 0 saturated carbocycles. The number of aromatic nitrogens is 3. The zero-order chi connectivity index (χ0) is 23.2. The molecule has 8 nitrogen and oxygen atoms in total. The molecule has 11 heteroatoms. The van der Waals surface area contributed by atoms with Crippen molar-refractivity contribution in [3.8, 4) is 5.69 Å². The first kappa shape index (κ1) is 22.7. The SMILES string of the molecule is O=C(CSc1nncn1-c1ccccc1)NCCN1C(=O)SC(=Cc2ccccc2F)C1=O. The van der Waals surface area contributed by atoms with Crippen LogP contribution in [0.1, 0.15) is 5.56 Å². The molecule has 0 atom stereocenters. The molecule has 1 N–H and O–H groups in total. The van der Waals surface area contributed by atoms with Gasteiger partial charge in [-0.1, -0.05) is 48.2 Å². The van der Waals surface area contributed by atoms with Crippen LogP contribution in [-0.2, 0) is 9.59 Å². The summed E-state index contributed by atoms with van der Waals surface area (Å²) in [5.74, 6) is -1.15. The molecule has 1 aliphatic rings. The summed E-state index contributed by atoms with van der Waals surface area (Å²) >= 11 is 1.97. The van der Waals surface area contributed by atoms with Gasteiger partial charge in [0.25, 0.3) is 11.1 Å². The van der Waals surface area contributed by atoms with E-state index in [4.69, 9.17) is 0 Å². The van der Waals surface area contributed by atoms with Gasteiger partial charge in [-0.15, -0.1) is 10.2 Å². The molecule has 1 fully saturated rings. The quantitative estimate of drug-likeness (QED) is 0.388. The minimum Gasteiger partial charge on any atom is -0.354 e. The predicted octanol–water partition coefficient (Wildman–Crippen LogP) is 3.35. The van der Waals surface area contributed by atoms with Crippen molar-refractivity contribution in [2.75, 3.05) is 18.8 Å².